The van der Waals surface area contributed by atoms with Gasteiger partial charge in [0, 0.05) is 11.1 Å². The van der Waals surface area contributed by atoms with Crippen molar-refractivity contribution in [1.82, 2.24) is 0 Å². The Morgan fingerprint density at radius 2 is 1.79 bits per heavy atom. The summed E-state index contributed by atoms with van der Waals surface area (Å²) in [5.74, 6) is -1.98. The summed E-state index contributed by atoms with van der Waals surface area (Å²) >= 11 is 0. The molecule has 0 saturated heterocycles. The van der Waals surface area contributed by atoms with Gasteiger partial charge in [-0.15, -0.1) is 12.4 Å². The molecule has 102 valence electrons. The van der Waals surface area contributed by atoms with Crippen LogP contribution in [-0.4, -0.2) is 11.7 Å². The average Bonchev–Trinajstić information content (AvgIpc) is 2.36. The maximum Gasteiger partial charge on any atom is 0.166 e. The molecule has 0 fully saturated rings. The third kappa shape index (κ3) is 3.22. The zero-order chi connectivity index (χ0) is 13.1. The van der Waals surface area contributed by atoms with Crippen molar-refractivity contribution in [3.8, 4) is 16.9 Å². The van der Waals surface area contributed by atoms with Gasteiger partial charge in [0.05, 0.1) is 0 Å². The molecule has 0 saturated carbocycles. The van der Waals surface area contributed by atoms with Gasteiger partial charge in [-0.2, -0.15) is 0 Å². The lowest BCUT2D eigenvalue weighted by atomic mass is 10.00. The van der Waals surface area contributed by atoms with Crippen LogP contribution in [0, 0.1) is 11.6 Å². The largest absolute Gasteiger partial charge is 0.507 e. The molecule has 3 N–H and O–H groups in total. The number of rotatable bonds is 3. The molecule has 2 nitrogen and oxygen atoms in total. The first-order valence-corrected chi connectivity index (χ1v) is 5.60. The van der Waals surface area contributed by atoms with Crippen LogP contribution in [0.2, 0.25) is 0 Å². The normalized spacial score (nSPS) is 10.1. The molecule has 0 aliphatic rings. The number of hydrogen-bond acceptors (Lipinski definition) is 2. The molecule has 0 heterocycles. The van der Waals surface area contributed by atoms with E-state index in [9.17, 15) is 13.9 Å². The van der Waals surface area contributed by atoms with Crippen molar-refractivity contribution in [3.05, 3.63) is 53.6 Å². The fourth-order valence-corrected chi connectivity index (χ4v) is 1.83. The first-order chi connectivity index (χ1) is 8.63. The summed E-state index contributed by atoms with van der Waals surface area (Å²) in [6, 6.07) is 8.68. The zero-order valence-electron chi connectivity index (χ0n) is 10.1. The van der Waals surface area contributed by atoms with E-state index in [1.165, 1.54) is 18.2 Å². The van der Waals surface area contributed by atoms with Gasteiger partial charge in [0.1, 0.15) is 5.75 Å². The Balaban J connectivity index is 0.00000180. The van der Waals surface area contributed by atoms with E-state index in [4.69, 9.17) is 5.73 Å². The Hall–Kier alpha value is -1.65. The molecule has 0 aromatic heterocycles. The summed E-state index contributed by atoms with van der Waals surface area (Å²) < 4.78 is 26.8. The highest BCUT2D eigenvalue weighted by Crippen LogP contribution is 2.32. The molecular formula is C14H14ClF2NO. The molecule has 0 spiro atoms. The van der Waals surface area contributed by atoms with Crippen molar-refractivity contribution >= 4 is 12.4 Å². The van der Waals surface area contributed by atoms with Crippen molar-refractivity contribution in [2.75, 3.05) is 6.54 Å². The number of phenolic OH excluding ortho intramolecular Hbond substituents is 1. The molecule has 0 aliphatic carbocycles. The quantitative estimate of drug-likeness (QED) is 0.909. The minimum atomic E-state index is -0.960. The first-order valence-electron chi connectivity index (χ1n) is 5.60. The van der Waals surface area contributed by atoms with Gasteiger partial charge in [0.2, 0.25) is 0 Å². The second-order valence-electron chi connectivity index (χ2n) is 3.99. The number of phenols is 1. The third-order valence-electron chi connectivity index (χ3n) is 2.74. The highest BCUT2D eigenvalue weighted by atomic mass is 35.5. The highest BCUT2D eigenvalue weighted by Gasteiger charge is 2.13. The molecule has 0 bridgehead atoms. The summed E-state index contributed by atoms with van der Waals surface area (Å²) in [6.45, 7) is 0.454. The molecule has 0 aliphatic heterocycles. The van der Waals surface area contributed by atoms with E-state index >= 15 is 0 Å². The lowest BCUT2D eigenvalue weighted by Crippen LogP contribution is -2.02. The smallest absolute Gasteiger partial charge is 0.166 e. The Bertz CT molecular complexity index is 575. The molecule has 0 amide bonds. The predicted molar refractivity (Wildman–Crippen MR) is 73.5 cm³/mol. The zero-order valence-corrected chi connectivity index (χ0v) is 10.9. The standard InChI is InChI=1S/C14H13F2NO.ClH/c15-12-3-1-2-10(14(12)16)11-8-9(6-7-17)4-5-13(11)18;/h1-5,8,18H,6-7,17H2;1H. The molecule has 2 aromatic carbocycles. The van der Waals surface area contributed by atoms with Gasteiger partial charge < -0.3 is 10.8 Å². The molecule has 2 rings (SSSR count). The van der Waals surface area contributed by atoms with Gasteiger partial charge in [-0.3, -0.25) is 0 Å². The average molecular weight is 286 g/mol. The lowest BCUT2D eigenvalue weighted by molar-refractivity contribution is 0.475. The van der Waals surface area contributed by atoms with E-state index in [2.05, 4.69) is 0 Å². The van der Waals surface area contributed by atoms with Crippen LogP contribution in [0.1, 0.15) is 5.56 Å². The van der Waals surface area contributed by atoms with E-state index in [1.807, 2.05) is 0 Å². The van der Waals surface area contributed by atoms with Crippen molar-refractivity contribution < 1.29 is 13.9 Å². The Labute approximate surface area is 116 Å². The molecule has 0 radical (unpaired) electrons. The van der Waals surface area contributed by atoms with Crippen molar-refractivity contribution in [2.24, 2.45) is 5.73 Å². The van der Waals surface area contributed by atoms with E-state index in [1.54, 1.807) is 12.1 Å². The number of halogens is 3. The lowest BCUT2D eigenvalue weighted by Gasteiger charge is -2.09. The predicted octanol–water partition coefficient (Wildman–Crippen LogP) is 3.26. The van der Waals surface area contributed by atoms with Crippen LogP contribution < -0.4 is 5.73 Å². The second kappa shape index (κ2) is 6.50. The minimum Gasteiger partial charge on any atom is -0.507 e. The van der Waals surface area contributed by atoms with Crippen LogP contribution in [-0.2, 0) is 6.42 Å². The van der Waals surface area contributed by atoms with Crippen LogP contribution in [0.25, 0.3) is 11.1 Å². The van der Waals surface area contributed by atoms with Gasteiger partial charge in [0.15, 0.2) is 11.6 Å². The van der Waals surface area contributed by atoms with Gasteiger partial charge in [0.25, 0.3) is 0 Å². The molecule has 2 aromatic rings. The van der Waals surface area contributed by atoms with E-state index in [0.717, 1.165) is 11.6 Å². The van der Waals surface area contributed by atoms with Crippen molar-refractivity contribution in [3.63, 3.8) is 0 Å². The summed E-state index contributed by atoms with van der Waals surface area (Å²) in [7, 11) is 0. The Morgan fingerprint density at radius 3 is 2.47 bits per heavy atom. The second-order valence-corrected chi connectivity index (χ2v) is 3.99. The summed E-state index contributed by atoms with van der Waals surface area (Å²) in [4.78, 5) is 0. The van der Waals surface area contributed by atoms with E-state index < -0.39 is 11.6 Å². The van der Waals surface area contributed by atoms with Gasteiger partial charge in [-0.05, 0) is 36.7 Å². The van der Waals surface area contributed by atoms with E-state index in [0.29, 0.717) is 13.0 Å². The summed E-state index contributed by atoms with van der Waals surface area (Å²) in [5.41, 5.74) is 6.64. The Kier molecular flexibility index (Phi) is 5.27. The minimum absolute atomic E-state index is 0. The molecule has 5 heteroatoms. The van der Waals surface area contributed by atoms with Crippen LogP contribution in [0.3, 0.4) is 0 Å². The molecule has 19 heavy (non-hydrogen) atoms. The molecule has 0 unspecified atom stereocenters. The number of nitrogens with two attached hydrogens (primary N) is 1. The maximum atomic E-state index is 13.7. The number of benzene rings is 2. The number of hydrogen-bond donors (Lipinski definition) is 2. The summed E-state index contributed by atoms with van der Waals surface area (Å²) in [6.07, 6.45) is 0.615. The van der Waals surface area contributed by atoms with Gasteiger partial charge in [-0.25, -0.2) is 8.78 Å². The fraction of sp³-hybridized carbons (Fsp3) is 0.143. The van der Waals surface area contributed by atoms with Crippen molar-refractivity contribution in [1.29, 1.82) is 0 Å². The monoisotopic (exact) mass is 285 g/mol. The molecular weight excluding hydrogens is 272 g/mol. The highest BCUT2D eigenvalue weighted by molar-refractivity contribution is 5.85. The van der Waals surface area contributed by atoms with Crippen LogP contribution >= 0.6 is 12.4 Å². The number of aromatic hydroxyl groups is 1. The fourth-order valence-electron chi connectivity index (χ4n) is 1.83. The summed E-state index contributed by atoms with van der Waals surface area (Å²) in [5, 5.41) is 9.75. The van der Waals surface area contributed by atoms with Crippen LogP contribution in [0.4, 0.5) is 8.78 Å². The maximum absolute atomic E-state index is 13.7. The van der Waals surface area contributed by atoms with Gasteiger partial charge >= 0.3 is 0 Å². The molecule has 0 atom stereocenters. The topological polar surface area (TPSA) is 46.2 Å². The third-order valence-corrected chi connectivity index (χ3v) is 2.74. The SMILES string of the molecule is Cl.NCCc1ccc(O)c(-c2cccc(F)c2F)c1. The Morgan fingerprint density at radius 1 is 1.05 bits per heavy atom. The van der Waals surface area contributed by atoms with Crippen molar-refractivity contribution in [2.45, 2.75) is 6.42 Å². The first kappa shape index (κ1) is 15.4. The van der Waals surface area contributed by atoms with E-state index in [-0.39, 0.29) is 29.3 Å². The van der Waals surface area contributed by atoms with Gasteiger partial charge in [-0.1, -0.05) is 18.2 Å². The van der Waals surface area contributed by atoms with Crippen LogP contribution in [0.15, 0.2) is 36.4 Å². The van der Waals surface area contributed by atoms with Crippen LogP contribution in [0.5, 0.6) is 5.75 Å².